The van der Waals surface area contributed by atoms with E-state index < -0.39 is 0 Å². The third-order valence-electron chi connectivity index (χ3n) is 3.97. The monoisotopic (exact) mass is 371 g/mol. The number of para-hydroxylation sites is 1. The van der Waals surface area contributed by atoms with Gasteiger partial charge in [-0.05, 0) is 59.1 Å². The molecule has 1 aliphatic rings. The van der Waals surface area contributed by atoms with E-state index >= 15 is 0 Å². The molecule has 6 N–H and O–H groups in total. The van der Waals surface area contributed by atoms with Crippen LogP contribution in [0.25, 0.3) is 10.9 Å². The summed E-state index contributed by atoms with van der Waals surface area (Å²) in [6, 6.07) is 8.51. The van der Waals surface area contributed by atoms with Crippen LogP contribution in [0, 0.1) is 0 Å². The lowest BCUT2D eigenvalue weighted by atomic mass is 10.1. The van der Waals surface area contributed by atoms with Crippen LogP contribution in [-0.4, -0.2) is 67.7 Å². The number of benzene rings is 1. The van der Waals surface area contributed by atoms with Gasteiger partial charge in [-0.2, -0.15) is 0 Å². The molecule has 2 amide bonds. The van der Waals surface area contributed by atoms with E-state index in [1.54, 1.807) is 0 Å². The van der Waals surface area contributed by atoms with Crippen LogP contribution in [0.1, 0.15) is 24.6 Å². The summed E-state index contributed by atoms with van der Waals surface area (Å²) in [7, 11) is 6.00. The normalized spacial score (nSPS) is 17.2. The Balaban J connectivity index is -0.000000347. The van der Waals surface area contributed by atoms with Gasteiger partial charge in [0.2, 0.25) is 0 Å². The van der Waals surface area contributed by atoms with Crippen LogP contribution in [0.3, 0.4) is 0 Å². The first-order valence-corrected chi connectivity index (χ1v) is 8.89. The van der Waals surface area contributed by atoms with Gasteiger partial charge in [-0.25, -0.2) is 4.79 Å². The van der Waals surface area contributed by atoms with E-state index in [0.717, 1.165) is 31.4 Å². The molecule has 7 heteroatoms. The van der Waals surface area contributed by atoms with Crippen LogP contribution in [0.4, 0.5) is 4.79 Å². The SMILES string of the molecule is CN(C)C.C[C@@H](Cc1c[nH]c2ccccc12)NC(=O)N[C@H]1CCNC1.O.[HH].[HH].[HH].[HH]. The highest BCUT2D eigenvalue weighted by Gasteiger charge is 2.17. The first-order valence-electron chi connectivity index (χ1n) is 8.89. The maximum absolute atomic E-state index is 11.9. The molecular weight excluding hydrogens is 330 g/mol. The summed E-state index contributed by atoms with van der Waals surface area (Å²) >= 11 is 0. The Morgan fingerprint density at radius 3 is 2.69 bits per heavy atom. The maximum Gasteiger partial charge on any atom is 0.315 e. The maximum atomic E-state index is 11.9. The van der Waals surface area contributed by atoms with Gasteiger partial charge in [0.1, 0.15) is 0 Å². The summed E-state index contributed by atoms with van der Waals surface area (Å²) in [6.45, 7) is 3.88. The molecule has 154 valence electrons. The van der Waals surface area contributed by atoms with Crippen molar-refractivity contribution in [2.24, 2.45) is 0 Å². The zero-order valence-corrected chi connectivity index (χ0v) is 16.2. The van der Waals surface area contributed by atoms with Gasteiger partial charge in [-0.1, -0.05) is 18.2 Å². The van der Waals surface area contributed by atoms with Crippen molar-refractivity contribution in [1.29, 1.82) is 0 Å². The molecule has 2 atom stereocenters. The summed E-state index contributed by atoms with van der Waals surface area (Å²) in [5, 5.41) is 10.5. The van der Waals surface area contributed by atoms with E-state index in [9.17, 15) is 4.79 Å². The number of rotatable bonds is 4. The van der Waals surface area contributed by atoms with Crippen molar-refractivity contribution in [3.05, 3.63) is 36.0 Å². The van der Waals surface area contributed by atoms with Crippen LogP contribution >= 0.6 is 0 Å². The zero-order chi connectivity index (χ0) is 18.2. The number of aromatic nitrogens is 1. The number of urea groups is 1. The minimum Gasteiger partial charge on any atom is -0.412 e. The van der Waals surface area contributed by atoms with Crippen LogP contribution in [-0.2, 0) is 6.42 Å². The van der Waals surface area contributed by atoms with Gasteiger partial charge < -0.3 is 31.3 Å². The van der Waals surface area contributed by atoms with Crippen molar-refractivity contribution < 1.29 is 16.0 Å². The third-order valence-corrected chi connectivity index (χ3v) is 3.97. The number of aromatic amines is 1. The fourth-order valence-electron chi connectivity index (χ4n) is 2.91. The first-order chi connectivity index (χ1) is 12.0. The van der Waals surface area contributed by atoms with E-state index in [4.69, 9.17) is 0 Å². The van der Waals surface area contributed by atoms with Gasteiger partial charge in [-0.3, -0.25) is 0 Å². The number of nitrogens with one attached hydrogen (secondary N) is 4. The minimum absolute atomic E-state index is 0. The lowest BCUT2D eigenvalue weighted by Gasteiger charge is -2.17. The molecule has 1 aromatic carbocycles. The number of amides is 2. The van der Waals surface area contributed by atoms with E-state index in [-0.39, 0.29) is 29.3 Å². The number of H-pyrrole nitrogens is 1. The molecule has 7 nitrogen and oxygen atoms in total. The van der Waals surface area contributed by atoms with Crippen molar-refractivity contribution in [2.45, 2.75) is 31.8 Å². The largest absolute Gasteiger partial charge is 0.412 e. The van der Waals surface area contributed by atoms with Gasteiger partial charge in [-0.15, -0.1) is 0 Å². The Morgan fingerprint density at radius 2 is 2.04 bits per heavy atom. The van der Waals surface area contributed by atoms with Crippen LogP contribution in [0.5, 0.6) is 0 Å². The van der Waals surface area contributed by atoms with Gasteiger partial charge in [0.15, 0.2) is 0 Å². The molecule has 1 fully saturated rings. The average molecular weight is 372 g/mol. The summed E-state index contributed by atoms with van der Waals surface area (Å²) in [5.74, 6) is 0. The molecule has 1 aromatic heterocycles. The van der Waals surface area contributed by atoms with Crippen LogP contribution in [0.2, 0.25) is 0 Å². The van der Waals surface area contributed by atoms with Crippen molar-refractivity contribution in [2.75, 3.05) is 34.2 Å². The van der Waals surface area contributed by atoms with Crippen molar-refractivity contribution >= 4 is 16.9 Å². The van der Waals surface area contributed by atoms with Crippen LogP contribution < -0.4 is 16.0 Å². The predicted octanol–water partition coefficient (Wildman–Crippen LogP) is 2.10. The Kier molecular flexibility index (Phi) is 9.12. The quantitative estimate of drug-likeness (QED) is 0.661. The molecule has 26 heavy (non-hydrogen) atoms. The lowest BCUT2D eigenvalue weighted by molar-refractivity contribution is 0.234. The molecule has 2 aromatic rings. The molecule has 0 saturated carbocycles. The van der Waals surface area contributed by atoms with E-state index in [1.165, 1.54) is 10.9 Å². The second kappa shape index (κ2) is 10.8. The average Bonchev–Trinajstić information content (AvgIpc) is 3.17. The van der Waals surface area contributed by atoms with Gasteiger partial charge in [0.05, 0.1) is 0 Å². The Bertz CT molecular complexity index is 679. The summed E-state index contributed by atoms with van der Waals surface area (Å²) in [6.07, 6.45) is 3.85. The fraction of sp³-hybridized carbons (Fsp3) is 0.526. The van der Waals surface area contributed by atoms with Crippen molar-refractivity contribution in [3.63, 3.8) is 0 Å². The number of carbonyl (C=O) groups is 1. The smallest absolute Gasteiger partial charge is 0.315 e. The van der Waals surface area contributed by atoms with Crippen LogP contribution in [0.15, 0.2) is 30.5 Å². The fourth-order valence-corrected chi connectivity index (χ4v) is 2.91. The van der Waals surface area contributed by atoms with Crippen molar-refractivity contribution in [1.82, 2.24) is 25.8 Å². The standard InChI is InChI=1S/C16H22N4O.C3H9N.H2O.4H2/c1-11(19-16(21)20-13-6-7-17-10-13)8-12-9-18-15-5-3-2-4-14(12)15;1-4(2)3;;;;;/h2-5,9,11,13,17-18H,6-8,10H2,1H3,(H2,19,20,21);1-3H3;1H2;4*1H/t11-,13-;;;;;;/m0....../s1. The number of nitrogens with zero attached hydrogens (tertiary/aromatic N) is 1. The molecule has 0 aliphatic carbocycles. The highest BCUT2D eigenvalue weighted by atomic mass is 16.2. The molecule has 0 unspecified atom stereocenters. The summed E-state index contributed by atoms with van der Waals surface area (Å²) in [5.41, 5.74) is 2.38. The van der Waals surface area contributed by atoms with E-state index in [2.05, 4.69) is 33.1 Å². The van der Waals surface area contributed by atoms with Gasteiger partial charge in [0, 0.05) is 41.4 Å². The molecule has 0 bridgehead atoms. The minimum atomic E-state index is -0.0731. The number of carbonyl (C=O) groups excluding carboxylic acids is 1. The van der Waals surface area contributed by atoms with E-state index in [0.29, 0.717) is 0 Å². The lowest BCUT2D eigenvalue weighted by Crippen LogP contribution is -2.46. The molecule has 2 heterocycles. The molecule has 3 rings (SSSR count). The first kappa shape index (κ1) is 22.0. The zero-order valence-electron chi connectivity index (χ0n) is 16.2. The number of fused-ring (bicyclic) bond motifs is 1. The Morgan fingerprint density at radius 1 is 1.35 bits per heavy atom. The third kappa shape index (κ3) is 7.03. The predicted molar refractivity (Wildman–Crippen MR) is 116 cm³/mol. The van der Waals surface area contributed by atoms with E-state index in [1.807, 2.05) is 51.3 Å². The number of hydrogen-bond donors (Lipinski definition) is 4. The van der Waals surface area contributed by atoms with Gasteiger partial charge >= 0.3 is 6.03 Å². The van der Waals surface area contributed by atoms with Crippen molar-refractivity contribution in [3.8, 4) is 0 Å². The highest BCUT2D eigenvalue weighted by Crippen LogP contribution is 2.18. The summed E-state index contributed by atoms with van der Waals surface area (Å²) in [4.78, 5) is 17.2. The molecular formula is C19H41N5O2. The topological polar surface area (TPSA) is 104 Å². The Labute approximate surface area is 161 Å². The Hall–Kier alpha value is -2.09. The van der Waals surface area contributed by atoms with Gasteiger partial charge in [0.25, 0.3) is 0 Å². The second-order valence-corrected chi connectivity index (χ2v) is 7.11. The molecule has 1 aliphatic heterocycles. The number of hydrogen-bond acceptors (Lipinski definition) is 3. The summed E-state index contributed by atoms with van der Waals surface area (Å²) < 4.78 is 0. The second-order valence-electron chi connectivity index (χ2n) is 7.11. The molecule has 1 saturated heterocycles. The highest BCUT2D eigenvalue weighted by molar-refractivity contribution is 5.83. The molecule has 0 radical (unpaired) electrons. The molecule has 0 spiro atoms.